The van der Waals surface area contributed by atoms with Crippen molar-refractivity contribution in [3.05, 3.63) is 64.6 Å². The Bertz CT molecular complexity index is 970. The van der Waals surface area contributed by atoms with Crippen LogP contribution in [0.4, 0.5) is 0 Å². The molecule has 0 bridgehead atoms. The maximum atomic E-state index is 12.7. The molecular formula is C21H25N3O3. The van der Waals surface area contributed by atoms with Crippen LogP contribution < -0.4 is 15.7 Å². The van der Waals surface area contributed by atoms with Crippen LogP contribution in [0.15, 0.2) is 53.3 Å². The fourth-order valence-corrected chi connectivity index (χ4v) is 3.20. The van der Waals surface area contributed by atoms with Crippen molar-refractivity contribution in [3.8, 4) is 5.75 Å². The summed E-state index contributed by atoms with van der Waals surface area (Å²) in [5.74, 6) is 0.649. The first-order valence-electron chi connectivity index (χ1n) is 9.21. The fraction of sp³-hybridized carbons (Fsp3) is 0.333. The summed E-state index contributed by atoms with van der Waals surface area (Å²) in [4.78, 5) is 25.1. The number of hydrogen-bond acceptors (Lipinski definition) is 3. The molecular weight excluding hydrogens is 342 g/mol. The largest absolute Gasteiger partial charge is 0.497 e. The number of rotatable bonds is 8. The second kappa shape index (κ2) is 8.58. The second-order valence-corrected chi connectivity index (χ2v) is 6.46. The third-order valence-electron chi connectivity index (χ3n) is 4.57. The number of aromatic nitrogens is 2. The zero-order valence-electron chi connectivity index (χ0n) is 15.8. The summed E-state index contributed by atoms with van der Waals surface area (Å²) in [6.07, 6.45) is 1.59. The lowest BCUT2D eigenvalue weighted by Crippen LogP contribution is -2.34. The number of aryl methyl sites for hydroxylation is 1. The van der Waals surface area contributed by atoms with E-state index < -0.39 is 0 Å². The Balaban J connectivity index is 1.65. The molecule has 142 valence electrons. The molecule has 0 aliphatic rings. The molecule has 6 heteroatoms. The topological polar surface area (TPSA) is 65.3 Å². The van der Waals surface area contributed by atoms with Gasteiger partial charge >= 0.3 is 5.69 Å². The van der Waals surface area contributed by atoms with E-state index in [0.29, 0.717) is 13.1 Å². The summed E-state index contributed by atoms with van der Waals surface area (Å²) >= 11 is 0. The number of amides is 1. The number of para-hydroxylation sites is 2. The van der Waals surface area contributed by atoms with Gasteiger partial charge in [0, 0.05) is 13.1 Å². The van der Waals surface area contributed by atoms with E-state index in [0.717, 1.165) is 35.2 Å². The van der Waals surface area contributed by atoms with Crippen molar-refractivity contribution in [1.29, 1.82) is 0 Å². The van der Waals surface area contributed by atoms with Crippen LogP contribution in [0.2, 0.25) is 0 Å². The normalized spacial score (nSPS) is 10.9. The Labute approximate surface area is 158 Å². The van der Waals surface area contributed by atoms with Gasteiger partial charge in [0.25, 0.3) is 0 Å². The molecule has 0 fully saturated rings. The molecule has 2 aromatic carbocycles. The summed E-state index contributed by atoms with van der Waals surface area (Å²) < 4.78 is 8.43. The van der Waals surface area contributed by atoms with E-state index in [1.54, 1.807) is 16.2 Å². The highest BCUT2D eigenvalue weighted by Gasteiger charge is 2.14. The lowest BCUT2D eigenvalue weighted by atomic mass is 10.1. The van der Waals surface area contributed by atoms with Gasteiger partial charge in [0.1, 0.15) is 12.3 Å². The van der Waals surface area contributed by atoms with E-state index in [1.165, 1.54) is 0 Å². The van der Waals surface area contributed by atoms with Gasteiger partial charge in [-0.25, -0.2) is 4.79 Å². The van der Waals surface area contributed by atoms with Crippen LogP contribution in [0.25, 0.3) is 11.0 Å². The van der Waals surface area contributed by atoms with Crippen molar-refractivity contribution in [2.75, 3.05) is 13.7 Å². The third-order valence-corrected chi connectivity index (χ3v) is 4.57. The minimum atomic E-state index is -0.162. The molecule has 1 heterocycles. The maximum Gasteiger partial charge on any atom is 0.329 e. The van der Waals surface area contributed by atoms with Gasteiger partial charge in [0.05, 0.1) is 18.1 Å². The number of imidazole rings is 1. The van der Waals surface area contributed by atoms with Gasteiger partial charge in [-0.2, -0.15) is 0 Å². The number of hydrogen-bond donors (Lipinski definition) is 1. The molecule has 1 amide bonds. The van der Waals surface area contributed by atoms with Gasteiger partial charge < -0.3 is 10.1 Å². The number of ether oxygens (including phenoxy) is 1. The van der Waals surface area contributed by atoms with Gasteiger partial charge in [0.2, 0.25) is 5.91 Å². The molecule has 1 N–H and O–H groups in total. The van der Waals surface area contributed by atoms with Crippen molar-refractivity contribution in [1.82, 2.24) is 14.5 Å². The first-order chi connectivity index (χ1) is 13.1. The van der Waals surface area contributed by atoms with Crippen molar-refractivity contribution >= 4 is 16.9 Å². The van der Waals surface area contributed by atoms with Crippen LogP contribution in [0.1, 0.15) is 18.9 Å². The van der Waals surface area contributed by atoms with E-state index in [2.05, 4.69) is 5.32 Å². The lowest BCUT2D eigenvalue weighted by molar-refractivity contribution is -0.121. The number of benzene rings is 2. The molecule has 1 aromatic heterocycles. The number of methoxy groups -OCH3 is 1. The van der Waals surface area contributed by atoms with Gasteiger partial charge in [0.15, 0.2) is 0 Å². The van der Waals surface area contributed by atoms with Crippen molar-refractivity contribution in [2.24, 2.45) is 0 Å². The lowest BCUT2D eigenvalue weighted by Gasteiger charge is -2.07. The van der Waals surface area contributed by atoms with E-state index in [4.69, 9.17) is 4.74 Å². The SMILES string of the molecule is CCCn1c(=O)n(CC(=O)NCCc2ccc(OC)cc2)c2ccccc21. The predicted molar refractivity (Wildman–Crippen MR) is 106 cm³/mol. The molecule has 0 saturated carbocycles. The highest BCUT2D eigenvalue weighted by atomic mass is 16.5. The molecule has 0 aliphatic carbocycles. The number of carbonyl (C=O) groups is 1. The summed E-state index contributed by atoms with van der Waals surface area (Å²) in [5.41, 5.74) is 2.65. The number of nitrogens with one attached hydrogen (secondary N) is 1. The Hall–Kier alpha value is -3.02. The minimum absolute atomic E-state index is 0.0265. The van der Waals surface area contributed by atoms with Gasteiger partial charge in [-0.05, 0) is 42.7 Å². The average molecular weight is 367 g/mol. The predicted octanol–water partition coefficient (Wildman–Crippen LogP) is 2.58. The molecule has 0 aliphatic heterocycles. The van der Waals surface area contributed by atoms with Crippen LogP contribution in [0.3, 0.4) is 0 Å². The zero-order chi connectivity index (χ0) is 19.2. The van der Waals surface area contributed by atoms with E-state index in [-0.39, 0.29) is 18.1 Å². The van der Waals surface area contributed by atoms with Crippen molar-refractivity contribution in [3.63, 3.8) is 0 Å². The van der Waals surface area contributed by atoms with Crippen LogP contribution >= 0.6 is 0 Å². The first-order valence-corrected chi connectivity index (χ1v) is 9.21. The number of nitrogens with zero attached hydrogens (tertiary/aromatic N) is 2. The fourth-order valence-electron chi connectivity index (χ4n) is 3.20. The van der Waals surface area contributed by atoms with E-state index in [1.807, 2.05) is 55.5 Å². The minimum Gasteiger partial charge on any atom is -0.497 e. The molecule has 0 radical (unpaired) electrons. The van der Waals surface area contributed by atoms with Crippen molar-refractivity contribution in [2.45, 2.75) is 32.9 Å². The van der Waals surface area contributed by atoms with Crippen molar-refractivity contribution < 1.29 is 9.53 Å². The summed E-state index contributed by atoms with van der Waals surface area (Å²) in [5, 5.41) is 2.90. The van der Waals surface area contributed by atoms with Gasteiger partial charge in [-0.15, -0.1) is 0 Å². The quantitative estimate of drug-likeness (QED) is 0.665. The summed E-state index contributed by atoms with van der Waals surface area (Å²) in [7, 11) is 1.63. The number of carbonyl (C=O) groups excluding carboxylic acids is 1. The second-order valence-electron chi connectivity index (χ2n) is 6.46. The zero-order valence-corrected chi connectivity index (χ0v) is 15.8. The molecule has 0 atom stereocenters. The third kappa shape index (κ3) is 4.22. The smallest absolute Gasteiger partial charge is 0.329 e. The Morgan fingerprint density at radius 2 is 1.70 bits per heavy atom. The summed E-state index contributed by atoms with van der Waals surface area (Å²) in [6, 6.07) is 15.4. The Morgan fingerprint density at radius 1 is 1.04 bits per heavy atom. The Kier molecular flexibility index (Phi) is 5.96. The molecule has 0 spiro atoms. The highest BCUT2D eigenvalue weighted by Crippen LogP contribution is 2.13. The van der Waals surface area contributed by atoms with Crippen LogP contribution in [-0.2, 0) is 24.3 Å². The molecule has 6 nitrogen and oxygen atoms in total. The molecule has 27 heavy (non-hydrogen) atoms. The van der Waals surface area contributed by atoms with Crippen LogP contribution in [0, 0.1) is 0 Å². The maximum absolute atomic E-state index is 12.7. The molecule has 3 aromatic rings. The van der Waals surface area contributed by atoms with Gasteiger partial charge in [-0.3, -0.25) is 13.9 Å². The first kappa shape index (κ1) is 18.8. The summed E-state index contributed by atoms with van der Waals surface area (Å²) in [6.45, 7) is 3.22. The highest BCUT2D eigenvalue weighted by molar-refractivity contribution is 5.80. The Morgan fingerprint density at radius 3 is 2.33 bits per heavy atom. The van der Waals surface area contributed by atoms with Gasteiger partial charge in [-0.1, -0.05) is 31.2 Å². The average Bonchev–Trinajstić information content (AvgIpc) is 2.95. The number of fused-ring (bicyclic) bond motifs is 1. The molecule has 0 saturated heterocycles. The molecule has 3 rings (SSSR count). The monoisotopic (exact) mass is 367 g/mol. The van der Waals surface area contributed by atoms with E-state index in [9.17, 15) is 9.59 Å². The van der Waals surface area contributed by atoms with Crippen LogP contribution in [-0.4, -0.2) is 28.7 Å². The standard InChI is InChI=1S/C21H25N3O3/c1-3-14-23-18-6-4-5-7-19(18)24(21(23)26)15-20(25)22-13-12-16-8-10-17(27-2)11-9-16/h4-11H,3,12-15H2,1-2H3,(H,22,25). The van der Waals surface area contributed by atoms with E-state index >= 15 is 0 Å². The van der Waals surface area contributed by atoms with Crippen LogP contribution in [0.5, 0.6) is 5.75 Å². The molecule has 0 unspecified atom stereocenters.